The number of hydrogen-bond donors (Lipinski definition) is 1. The smallest absolute Gasteiger partial charge is 0.218 e. The molecule has 1 aromatic heterocycles. The lowest BCUT2D eigenvalue weighted by molar-refractivity contribution is 0.0642. The number of nitrogens with zero attached hydrogens (tertiary/aromatic N) is 2. The van der Waals surface area contributed by atoms with Gasteiger partial charge in [-0.05, 0) is 6.42 Å². The van der Waals surface area contributed by atoms with Crippen molar-refractivity contribution in [2.45, 2.75) is 26.2 Å². The zero-order chi connectivity index (χ0) is 13.9. The Bertz CT molecular complexity index is 361. The molecule has 0 aliphatic carbocycles. The summed E-state index contributed by atoms with van der Waals surface area (Å²) in [6.45, 7) is 4.49. The van der Waals surface area contributed by atoms with Crippen LogP contribution in [-0.2, 0) is 15.9 Å². The fourth-order valence-corrected chi connectivity index (χ4v) is 1.48. The summed E-state index contributed by atoms with van der Waals surface area (Å²) in [6, 6.07) is 1.64. The van der Waals surface area contributed by atoms with Crippen LogP contribution in [0.1, 0.15) is 25.6 Å². The predicted molar refractivity (Wildman–Crippen MR) is 73.2 cm³/mol. The molecule has 0 aliphatic rings. The van der Waals surface area contributed by atoms with Crippen LogP contribution in [0.4, 0.5) is 5.82 Å². The first kappa shape index (κ1) is 15.7. The van der Waals surface area contributed by atoms with Crippen LogP contribution in [0.5, 0.6) is 5.88 Å². The number of hydrogen-bond acceptors (Lipinski definition) is 6. The Hall–Kier alpha value is -1.40. The Morgan fingerprint density at radius 2 is 2.00 bits per heavy atom. The third-order valence-electron chi connectivity index (χ3n) is 2.36. The highest BCUT2D eigenvalue weighted by Crippen LogP contribution is 2.12. The number of rotatable bonds is 10. The fraction of sp³-hybridized carbons (Fsp3) is 0.692. The van der Waals surface area contributed by atoms with E-state index < -0.39 is 0 Å². The van der Waals surface area contributed by atoms with Gasteiger partial charge in [-0.2, -0.15) is 4.98 Å². The minimum absolute atomic E-state index is 0.449. The molecule has 1 rings (SSSR count). The molecule has 0 saturated carbocycles. The summed E-state index contributed by atoms with van der Waals surface area (Å²) in [4.78, 5) is 8.45. The average Bonchev–Trinajstić information content (AvgIpc) is 2.37. The van der Waals surface area contributed by atoms with Crippen molar-refractivity contribution in [2.24, 2.45) is 0 Å². The van der Waals surface area contributed by atoms with Gasteiger partial charge in [-0.1, -0.05) is 6.92 Å². The number of aromatic nitrogens is 2. The van der Waals surface area contributed by atoms with Gasteiger partial charge in [0.25, 0.3) is 0 Å². The molecule has 0 unspecified atom stereocenters. The van der Waals surface area contributed by atoms with Crippen molar-refractivity contribution >= 4 is 5.82 Å². The highest BCUT2D eigenvalue weighted by molar-refractivity contribution is 5.32. The quantitative estimate of drug-likeness (QED) is 0.647. The van der Waals surface area contributed by atoms with Crippen molar-refractivity contribution < 1.29 is 14.2 Å². The van der Waals surface area contributed by atoms with Crippen LogP contribution in [0.3, 0.4) is 0 Å². The molecule has 0 aromatic carbocycles. The van der Waals surface area contributed by atoms with Crippen LogP contribution in [0.25, 0.3) is 0 Å². The number of aryl methyl sites for hydroxylation is 1. The lowest BCUT2D eigenvalue weighted by Gasteiger charge is -2.08. The fourth-order valence-electron chi connectivity index (χ4n) is 1.48. The Balaban J connectivity index is 2.25. The molecule has 19 heavy (non-hydrogen) atoms. The molecule has 2 N–H and O–H groups in total. The minimum atomic E-state index is 0.449. The number of methoxy groups -OCH3 is 1. The second-order valence-electron chi connectivity index (χ2n) is 4.10. The van der Waals surface area contributed by atoms with Gasteiger partial charge in [-0.25, -0.2) is 4.98 Å². The van der Waals surface area contributed by atoms with Crippen LogP contribution in [-0.4, -0.2) is 43.5 Å². The van der Waals surface area contributed by atoms with Gasteiger partial charge in [0.05, 0.1) is 19.8 Å². The van der Waals surface area contributed by atoms with Gasteiger partial charge in [0, 0.05) is 32.6 Å². The third-order valence-corrected chi connectivity index (χ3v) is 2.36. The average molecular weight is 269 g/mol. The molecule has 0 radical (unpaired) electrons. The third kappa shape index (κ3) is 6.93. The van der Waals surface area contributed by atoms with Crippen molar-refractivity contribution in [1.82, 2.24) is 9.97 Å². The monoisotopic (exact) mass is 269 g/mol. The second-order valence-corrected chi connectivity index (χ2v) is 4.10. The molecular formula is C13H23N3O3. The van der Waals surface area contributed by atoms with Gasteiger partial charge < -0.3 is 19.9 Å². The maximum absolute atomic E-state index is 5.71. The molecule has 1 aromatic rings. The van der Waals surface area contributed by atoms with E-state index in [0.29, 0.717) is 38.1 Å². The summed E-state index contributed by atoms with van der Waals surface area (Å²) in [7, 11) is 1.65. The summed E-state index contributed by atoms with van der Waals surface area (Å²) < 4.78 is 15.8. The summed E-state index contributed by atoms with van der Waals surface area (Å²) in [5, 5.41) is 0. The number of ether oxygens (including phenoxy) is 3. The second kappa shape index (κ2) is 9.52. The zero-order valence-electron chi connectivity index (χ0n) is 11.7. The molecule has 0 spiro atoms. The van der Waals surface area contributed by atoms with Gasteiger partial charge in [-0.15, -0.1) is 0 Å². The molecule has 0 bridgehead atoms. The first-order chi connectivity index (χ1) is 9.26. The van der Waals surface area contributed by atoms with Crippen LogP contribution in [0, 0.1) is 0 Å². The van der Waals surface area contributed by atoms with E-state index >= 15 is 0 Å². The van der Waals surface area contributed by atoms with E-state index in [1.54, 1.807) is 13.2 Å². The minimum Gasteiger partial charge on any atom is -0.477 e. The van der Waals surface area contributed by atoms with E-state index in [1.165, 1.54) is 0 Å². The van der Waals surface area contributed by atoms with Crippen LogP contribution in [0.2, 0.25) is 0 Å². The maximum Gasteiger partial charge on any atom is 0.218 e. The molecular weight excluding hydrogens is 246 g/mol. The van der Waals surface area contributed by atoms with Crippen LogP contribution < -0.4 is 10.5 Å². The van der Waals surface area contributed by atoms with Crippen molar-refractivity contribution in [3.63, 3.8) is 0 Å². The summed E-state index contributed by atoms with van der Waals surface area (Å²) in [6.07, 6.45) is 2.59. The summed E-state index contributed by atoms with van der Waals surface area (Å²) >= 11 is 0. The van der Waals surface area contributed by atoms with Crippen molar-refractivity contribution in [2.75, 3.05) is 39.3 Å². The van der Waals surface area contributed by atoms with E-state index in [9.17, 15) is 0 Å². The number of nitrogen functional groups attached to an aromatic ring is 1. The molecule has 6 heteroatoms. The van der Waals surface area contributed by atoms with Crippen molar-refractivity contribution in [3.05, 3.63) is 11.9 Å². The summed E-state index contributed by atoms with van der Waals surface area (Å²) in [5.74, 6) is 1.71. The molecule has 0 amide bonds. The predicted octanol–water partition coefficient (Wildman–Crippen LogP) is 1.44. The molecule has 0 fully saturated rings. The van der Waals surface area contributed by atoms with Gasteiger partial charge in [0.15, 0.2) is 0 Å². The first-order valence-corrected chi connectivity index (χ1v) is 6.59. The molecule has 0 aliphatic heterocycles. The highest BCUT2D eigenvalue weighted by Gasteiger charge is 2.03. The van der Waals surface area contributed by atoms with Crippen molar-refractivity contribution in [1.29, 1.82) is 0 Å². The lowest BCUT2D eigenvalue weighted by Crippen LogP contribution is -2.08. The van der Waals surface area contributed by atoms with E-state index in [1.807, 2.05) is 0 Å². The van der Waals surface area contributed by atoms with Crippen molar-refractivity contribution in [3.8, 4) is 5.88 Å². The Labute approximate surface area is 114 Å². The molecule has 0 saturated heterocycles. The van der Waals surface area contributed by atoms with Crippen LogP contribution >= 0.6 is 0 Å². The van der Waals surface area contributed by atoms with E-state index in [0.717, 1.165) is 25.1 Å². The molecule has 6 nitrogen and oxygen atoms in total. The Morgan fingerprint density at radius 1 is 1.16 bits per heavy atom. The standard InChI is InChI=1S/C13H23N3O3/c1-3-5-12-15-11(14)10-13(16-12)19-7-4-6-18-9-8-17-2/h10H,3-9H2,1-2H3,(H2,14,15,16). The zero-order valence-corrected chi connectivity index (χ0v) is 11.7. The topological polar surface area (TPSA) is 79.5 Å². The van der Waals surface area contributed by atoms with E-state index in [4.69, 9.17) is 19.9 Å². The van der Waals surface area contributed by atoms with Crippen LogP contribution in [0.15, 0.2) is 6.07 Å². The van der Waals surface area contributed by atoms with Gasteiger partial charge in [0.1, 0.15) is 11.6 Å². The van der Waals surface area contributed by atoms with Gasteiger partial charge in [-0.3, -0.25) is 0 Å². The normalized spacial score (nSPS) is 10.6. The number of anilines is 1. The summed E-state index contributed by atoms with van der Waals surface area (Å²) in [5.41, 5.74) is 5.71. The van der Waals surface area contributed by atoms with Gasteiger partial charge in [0.2, 0.25) is 5.88 Å². The largest absolute Gasteiger partial charge is 0.477 e. The van der Waals surface area contributed by atoms with E-state index in [2.05, 4.69) is 16.9 Å². The molecule has 108 valence electrons. The first-order valence-electron chi connectivity index (χ1n) is 6.59. The SMILES string of the molecule is CCCc1nc(N)cc(OCCCOCCOC)n1. The molecule has 0 atom stereocenters. The van der Waals surface area contributed by atoms with E-state index in [-0.39, 0.29) is 0 Å². The maximum atomic E-state index is 5.71. The Kier molecular flexibility index (Phi) is 7.84. The number of nitrogens with two attached hydrogens (primary N) is 1. The highest BCUT2D eigenvalue weighted by atomic mass is 16.5. The molecule has 1 heterocycles. The van der Waals surface area contributed by atoms with Gasteiger partial charge >= 0.3 is 0 Å². The lowest BCUT2D eigenvalue weighted by atomic mass is 10.3. The Morgan fingerprint density at radius 3 is 2.74 bits per heavy atom.